The molecule has 2 rings (SSSR count). The first kappa shape index (κ1) is 14.5. The van der Waals surface area contributed by atoms with Crippen LogP contribution < -0.4 is 10.6 Å². The molecule has 0 aliphatic rings. The molecule has 0 aliphatic carbocycles. The number of nitro groups is 1. The third kappa shape index (κ3) is 3.35. The lowest BCUT2D eigenvalue weighted by Gasteiger charge is -2.07. The number of amides is 1. The average Bonchev–Trinajstić information content (AvgIpc) is 2.84. The van der Waals surface area contributed by atoms with Gasteiger partial charge < -0.3 is 9.84 Å². The highest BCUT2D eigenvalue weighted by Crippen LogP contribution is 2.24. The Morgan fingerprint density at radius 1 is 1.43 bits per heavy atom. The highest BCUT2D eigenvalue weighted by molar-refractivity contribution is 6.07. The fourth-order valence-electron chi connectivity index (χ4n) is 1.79. The third-order valence-corrected chi connectivity index (χ3v) is 2.68. The van der Waals surface area contributed by atoms with Crippen LogP contribution >= 0.6 is 0 Å². The number of aryl methyl sites for hydroxylation is 1. The van der Waals surface area contributed by atoms with Gasteiger partial charge in [0.25, 0.3) is 11.6 Å². The van der Waals surface area contributed by atoms with Gasteiger partial charge in [-0.3, -0.25) is 20.2 Å². The Balaban J connectivity index is 2.32. The Kier molecular flexibility index (Phi) is 4.17. The van der Waals surface area contributed by atoms with Gasteiger partial charge in [-0.2, -0.15) is 0 Å². The molecular formula is C13H14N4O4. The largest absolute Gasteiger partial charge is 0.385 e. The van der Waals surface area contributed by atoms with Gasteiger partial charge in [-0.1, -0.05) is 5.16 Å². The molecule has 2 N–H and O–H groups in total. The first-order valence-electron chi connectivity index (χ1n) is 6.28. The number of anilines is 2. The van der Waals surface area contributed by atoms with E-state index in [1.165, 1.54) is 18.2 Å². The van der Waals surface area contributed by atoms with Gasteiger partial charge in [0.15, 0.2) is 0 Å². The van der Waals surface area contributed by atoms with Gasteiger partial charge in [0.2, 0.25) is 5.88 Å². The average molecular weight is 290 g/mol. The molecule has 0 unspecified atom stereocenters. The summed E-state index contributed by atoms with van der Waals surface area (Å²) < 4.78 is 4.87. The highest BCUT2D eigenvalue weighted by Gasteiger charge is 2.21. The summed E-state index contributed by atoms with van der Waals surface area (Å²) in [5.41, 5.74) is 0.904. The SMILES string of the molecule is CCNc1ccc([N+](=O)[O-])c(C(=O)Nc2cc(C)no2)c1. The number of carbonyl (C=O) groups is 1. The van der Waals surface area contributed by atoms with Crippen LogP contribution in [0.1, 0.15) is 23.0 Å². The maximum Gasteiger partial charge on any atom is 0.282 e. The Morgan fingerprint density at radius 2 is 2.19 bits per heavy atom. The molecule has 0 saturated carbocycles. The van der Waals surface area contributed by atoms with Crippen LogP contribution in [0.2, 0.25) is 0 Å². The molecule has 8 heteroatoms. The van der Waals surface area contributed by atoms with Gasteiger partial charge in [-0.05, 0) is 26.0 Å². The Bertz CT molecular complexity index is 681. The number of carbonyl (C=O) groups excluding carboxylic acids is 1. The van der Waals surface area contributed by atoms with Crippen LogP contribution in [0, 0.1) is 17.0 Å². The van der Waals surface area contributed by atoms with Crippen molar-refractivity contribution < 1.29 is 14.2 Å². The number of hydrogen-bond donors (Lipinski definition) is 2. The van der Waals surface area contributed by atoms with Crippen molar-refractivity contribution in [2.75, 3.05) is 17.2 Å². The van der Waals surface area contributed by atoms with Crippen molar-refractivity contribution in [1.82, 2.24) is 5.16 Å². The fourth-order valence-corrected chi connectivity index (χ4v) is 1.79. The van der Waals surface area contributed by atoms with Gasteiger partial charge >= 0.3 is 0 Å². The lowest BCUT2D eigenvalue weighted by atomic mass is 10.1. The van der Waals surface area contributed by atoms with Crippen LogP contribution in [0.3, 0.4) is 0 Å². The zero-order valence-electron chi connectivity index (χ0n) is 11.5. The van der Waals surface area contributed by atoms with Gasteiger partial charge in [-0.15, -0.1) is 0 Å². The van der Waals surface area contributed by atoms with E-state index in [-0.39, 0.29) is 17.1 Å². The van der Waals surface area contributed by atoms with Crippen LogP contribution in [0.4, 0.5) is 17.3 Å². The summed E-state index contributed by atoms with van der Waals surface area (Å²) in [5.74, 6) is -0.488. The molecule has 1 aromatic heterocycles. The van der Waals surface area contributed by atoms with Gasteiger partial charge in [-0.25, -0.2) is 0 Å². The van der Waals surface area contributed by atoms with Crippen molar-refractivity contribution in [3.63, 3.8) is 0 Å². The second-order valence-corrected chi connectivity index (χ2v) is 4.31. The minimum Gasteiger partial charge on any atom is -0.385 e. The highest BCUT2D eigenvalue weighted by atomic mass is 16.6. The minimum atomic E-state index is -0.627. The summed E-state index contributed by atoms with van der Waals surface area (Å²) in [6, 6.07) is 5.80. The fraction of sp³-hybridized carbons (Fsp3) is 0.231. The molecule has 0 aliphatic heterocycles. The van der Waals surface area contributed by atoms with Crippen molar-refractivity contribution in [3.05, 3.63) is 45.6 Å². The molecule has 2 aromatic rings. The predicted octanol–water partition coefficient (Wildman–Crippen LogP) is 2.58. The Hall–Kier alpha value is -2.90. The maximum absolute atomic E-state index is 12.2. The monoisotopic (exact) mass is 290 g/mol. The second-order valence-electron chi connectivity index (χ2n) is 4.31. The molecule has 21 heavy (non-hydrogen) atoms. The summed E-state index contributed by atoms with van der Waals surface area (Å²) >= 11 is 0. The van der Waals surface area contributed by atoms with E-state index in [0.29, 0.717) is 17.9 Å². The van der Waals surface area contributed by atoms with Crippen LogP contribution in [-0.2, 0) is 0 Å². The first-order valence-corrected chi connectivity index (χ1v) is 6.28. The van der Waals surface area contributed by atoms with Crippen LogP contribution in [0.15, 0.2) is 28.8 Å². The van der Waals surface area contributed by atoms with E-state index in [9.17, 15) is 14.9 Å². The molecule has 0 radical (unpaired) electrons. The zero-order valence-corrected chi connectivity index (χ0v) is 11.5. The quantitative estimate of drug-likeness (QED) is 0.646. The minimum absolute atomic E-state index is 0.0486. The van der Waals surface area contributed by atoms with E-state index >= 15 is 0 Å². The number of hydrogen-bond acceptors (Lipinski definition) is 6. The van der Waals surface area contributed by atoms with E-state index in [0.717, 1.165) is 0 Å². The van der Waals surface area contributed by atoms with Crippen molar-refractivity contribution in [3.8, 4) is 0 Å². The summed E-state index contributed by atoms with van der Waals surface area (Å²) in [6.07, 6.45) is 0. The lowest BCUT2D eigenvalue weighted by Crippen LogP contribution is -2.14. The molecule has 1 heterocycles. The Labute approximate surface area is 120 Å². The van der Waals surface area contributed by atoms with E-state index in [4.69, 9.17) is 4.52 Å². The van der Waals surface area contributed by atoms with Crippen LogP contribution in [0.25, 0.3) is 0 Å². The summed E-state index contributed by atoms with van der Waals surface area (Å²) in [7, 11) is 0. The second kappa shape index (κ2) is 6.04. The van der Waals surface area contributed by atoms with E-state index in [1.807, 2.05) is 6.92 Å². The molecule has 0 fully saturated rings. The normalized spacial score (nSPS) is 10.2. The molecule has 0 bridgehead atoms. The molecule has 8 nitrogen and oxygen atoms in total. The van der Waals surface area contributed by atoms with E-state index < -0.39 is 10.8 Å². The number of aromatic nitrogens is 1. The van der Waals surface area contributed by atoms with Gasteiger partial charge in [0, 0.05) is 24.4 Å². The zero-order chi connectivity index (χ0) is 15.4. The molecule has 0 spiro atoms. The maximum atomic E-state index is 12.2. The van der Waals surface area contributed by atoms with Crippen molar-refractivity contribution in [1.29, 1.82) is 0 Å². The summed E-state index contributed by atoms with van der Waals surface area (Å²) in [6.45, 7) is 4.23. The number of nitrogens with one attached hydrogen (secondary N) is 2. The van der Waals surface area contributed by atoms with E-state index in [1.54, 1.807) is 13.0 Å². The molecule has 1 amide bonds. The van der Waals surface area contributed by atoms with Gasteiger partial charge in [0.05, 0.1) is 10.6 Å². The number of rotatable bonds is 5. The van der Waals surface area contributed by atoms with E-state index in [2.05, 4.69) is 15.8 Å². The molecule has 1 aromatic carbocycles. The molecule has 0 saturated heterocycles. The molecule has 110 valence electrons. The standard InChI is InChI=1S/C13H14N4O4/c1-3-14-9-4-5-11(17(19)20)10(7-9)13(18)15-12-6-8(2)16-21-12/h4-7,14H,3H2,1-2H3,(H,15,18). The lowest BCUT2D eigenvalue weighted by molar-refractivity contribution is -0.385. The number of nitrogens with zero attached hydrogens (tertiary/aromatic N) is 2. The van der Waals surface area contributed by atoms with Crippen molar-refractivity contribution in [2.45, 2.75) is 13.8 Å². The van der Waals surface area contributed by atoms with Crippen LogP contribution in [-0.4, -0.2) is 22.5 Å². The van der Waals surface area contributed by atoms with Crippen molar-refractivity contribution in [2.24, 2.45) is 0 Å². The number of benzene rings is 1. The number of nitro benzene ring substituents is 1. The van der Waals surface area contributed by atoms with Crippen molar-refractivity contribution >= 4 is 23.2 Å². The topological polar surface area (TPSA) is 110 Å². The smallest absolute Gasteiger partial charge is 0.282 e. The summed E-state index contributed by atoms with van der Waals surface area (Å²) in [4.78, 5) is 22.6. The molecule has 0 atom stereocenters. The molecular weight excluding hydrogens is 276 g/mol. The first-order chi connectivity index (χ1) is 10.0. The van der Waals surface area contributed by atoms with Crippen LogP contribution in [0.5, 0.6) is 0 Å². The van der Waals surface area contributed by atoms with Gasteiger partial charge in [0.1, 0.15) is 5.56 Å². The summed E-state index contributed by atoms with van der Waals surface area (Å²) in [5, 5.41) is 20.1. The Morgan fingerprint density at radius 3 is 2.76 bits per heavy atom. The predicted molar refractivity (Wildman–Crippen MR) is 76.5 cm³/mol. The third-order valence-electron chi connectivity index (χ3n) is 2.68.